The summed E-state index contributed by atoms with van der Waals surface area (Å²) in [4.78, 5) is 15.0. The number of carbonyl (C=O) groups is 1. The molecule has 0 saturated carbocycles. The molecule has 7 heteroatoms. The van der Waals surface area contributed by atoms with Crippen LogP contribution in [0.15, 0.2) is 12.3 Å². The molecule has 1 unspecified atom stereocenters. The average Bonchev–Trinajstić information content (AvgIpc) is 2.75. The molecule has 2 N–H and O–H groups in total. The van der Waals surface area contributed by atoms with E-state index in [1.165, 1.54) is 13.3 Å². The first-order chi connectivity index (χ1) is 7.70. The highest BCUT2D eigenvalue weighted by atomic mass is 16.5. The molecular formula is C9H10N4O3. The zero-order valence-corrected chi connectivity index (χ0v) is 8.54. The highest BCUT2D eigenvalue weighted by molar-refractivity contribution is 5.71. The third-order valence-electron chi connectivity index (χ3n) is 2.17. The molecule has 0 aliphatic heterocycles. The molecule has 0 radical (unpaired) electrons. The van der Waals surface area contributed by atoms with Crippen LogP contribution in [0.3, 0.4) is 0 Å². The van der Waals surface area contributed by atoms with Gasteiger partial charge in [-0.1, -0.05) is 0 Å². The Labute approximate surface area is 90.4 Å². The lowest BCUT2D eigenvalue weighted by molar-refractivity contribution is -0.142. The number of hydrogen-bond donors (Lipinski definition) is 2. The third kappa shape index (κ3) is 1.98. The van der Waals surface area contributed by atoms with Gasteiger partial charge >= 0.3 is 5.97 Å². The van der Waals surface area contributed by atoms with Gasteiger partial charge in [-0.25, -0.2) is 4.98 Å². The van der Waals surface area contributed by atoms with Crippen LogP contribution in [0.4, 0.5) is 0 Å². The Balaban J connectivity index is 2.22. The molecule has 2 rings (SSSR count). The number of aliphatic hydroxyl groups excluding tert-OH is 1. The van der Waals surface area contributed by atoms with Crippen molar-refractivity contribution < 1.29 is 14.6 Å². The van der Waals surface area contributed by atoms with Crippen LogP contribution in [0.5, 0.6) is 0 Å². The molecule has 0 aliphatic carbocycles. The summed E-state index contributed by atoms with van der Waals surface area (Å²) in [6.45, 7) is 0. The standard InChI is InChI=1S/C9H10N4O3/c1-16-8(15)3-7(14)5-2-6-9(10-4-5)12-13-11-6/h2,4,7,14H,3H2,1H3,(H,10,11,12,13). The summed E-state index contributed by atoms with van der Waals surface area (Å²) in [5.74, 6) is -0.479. The number of aliphatic hydroxyl groups is 1. The number of pyridine rings is 1. The smallest absolute Gasteiger partial charge is 0.308 e. The van der Waals surface area contributed by atoms with Gasteiger partial charge in [-0.3, -0.25) is 4.79 Å². The van der Waals surface area contributed by atoms with E-state index >= 15 is 0 Å². The number of esters is 1. The monoisotopic (exact) mass is 222 g/mol. The number of nitrogens with zero attached hydrogens (tertiary/aromatic N) is 3. The van der Waals surface area contributed by atoms with Crippen molar-refractivity contribution in [3.8, 4) is 0 Å². The van der Waals surface area contributed by atoms with Crippen molar-refractivity contribution in [2.45, 2.75) is 12.5 Å². The van der Waals surface area contributed by atoms with Crippen LogP contribution < -0.4 is 0 Å². The first kappa shape index (κ1) is 10.5. The maximum atomic E-state index is 11.0. The first-order valence-electron chi connectivity index (χ1n) is 4.62. The summed E-state index contributed by atoms with van der Waals surface area (Å²) in [6, 6.07) is 1.62. The molecule has 0 bridgehead atoms. The van der Waals surface area contributed by atoms with Crippen LogP contribution in [0.1, 0.15) is 18.1 Å². The van der Waals surface area contributed by atoms with Crippen LogP contribution >= 0.6 is 0 Å². The van der Waals surface area contributed by atoms with Crippen LogP contribution in [-0.4, -0.2) is 38.6 Å². The van der Waals surface area contributed by atoms with E-state index in [2.05, 4.69) is 25.1 Å². The second kappa shape index (κ2) is 4.23. The highest BCUT2D eigenvalue weighted by Crippen LogP contribution is 2.18. The van der Waals surface area contributed by atoms with Gasteiger partial charge in [-0.05, 0) is 6.07 Å². The molecule has 0 spiro atoms. The van der Waals surface area contributed by atoms with E-state index in [4.69, 9.17) is 0 Å². The maximum Gasteiger partial charge on any atom is 0.308 e. The van der Waals surface area contributed by atoms with Crippen LogP contribution in [0, 0.1) is 0 Å². The van der Waals surface area contributed by atoms with Gasteiger partial charge in [0.15, 0.2) is 0 Å². The maximum absolute atomic E-state index is 11.0. The van der Waals surface area contributed by atoms with Gasteiger partial charge in [0, 0.05) is 11.8 Å². The predicted molar refractivity (Wildman–Crippen MR) is 53.3 cm³/mol. The molecule has 7 nitrogen and oxygen atoms in total. The lowest BCUT2D eigenvalue weighted by Crippen LogP contribution is -2.08. The minimum Gasteiger partial charge on any atom is -0.469 e. The number of aromatic amines is 1. The van der Waals surface area contributed by atoms with Crippen molar-refractivity contribution in [1.29, 1.82) is 0 Å². The lowest BCUT2D eigenvalue weighted by Gasteiger charge is -2.08. The minimum atomic E-state index is -0.943. The summed E-state index contributed by atoms with van der Waals surface area (Å²) in [6.07, 6.45) is 0.404. The van der Waals surface area contributed by atoms with E-state index in [0.717, 1.165) is 0 Å². The SMILES string of the molecule is COC(=O)CC(O)c1cnc2n[nH]nc2c1. The predicted octanol–water partition coefficient (Wildman–Crippen LogP) is -0.0506. The Kier molecular flexibility index (Phi) is 2.78. The number of nitrogens with one attached hydrogen (secondary N) is 1. The quantitative estimate of drug-likeness (QED) is 0.706. The molecule has 0 saturated heterocycles. The molecule has 0 amide bonds. The zero-order valence-electron chi connectivity index (χ0n) is 8.54. The van der Waals surface area contributed by atoms with E-state index in [0.29, 0.717) is 16.7 Å². The van der Waals surface area contributed by atoms with Crippen LogP contribution in [0.25, 0.3) is 11.2 Å². The molecule has 16 heavy (non-hydrogen) atoms. The van der Waals surface area contributed by atoms with Crippen molar-refractivity contribution in [1.82, 2.24) is 20.4 Å². The Morgan fingerprint density at radius 3 is 3.19 bits per heavy atom. The second-order valence-corrected chi connectivity index (χ2v) is 3.23. The summed E-state index contributed by atoms with van der Waals surface area (Å²) in [7, 11) is 1.27. The Morgan fingerprint density at radius 2 is 2.44 bits per heavy atom. The van der Waals surface area contributed by atoms with E-state index in [9.17, 15) is 9.90 Å². The molecule has 2 heterocycles. The lowest BCUT2D eigenvalue weighted by atomic mass is 10.1. The minimum absolute atomic E-state index is 0.110. The molecule has 1 atom stereocenters. The van der Waals surface area contributed by atoms with E-state index in [-0.39, 0.29) is 6.42 Å². The number of fused-ring (bicyclic) bond motifs is 1. The van der Waals surface area contributed by atoms with Gasteiger partial charge in [-0.2, -0.15) is 10.3 Å². The van der Waals surface area contributed by atoms with E-state index in [1.54, 1.807) is 6.07 Å². The summed E-state index contributed by atoms with van der Waals surface area (Å²) < 4.78 is 4.46. The van der Waals surface area contributed by atoms with E-state index in [1.807, 2.05) is 0 Å². The molecule has 0 aromatic carbocycles. The van der Waals surface area contributed by atoms with Gasteiger partial charge in [-0.15, -0.1) is 5.10 Å². The third-order valence-corrected chi connectivity index (χ3v) is 2.17. The Bertz CT molecular complexity index is 510. The van der Waals surface area contributed by atoms with Crippen molar-refractivity contribution in [3.05, 3.63) is 17.8 Å². The Morgan fingerprint density at radius 1 is 1.62 bits per heavy atom. The zero-order chi connectivity index (χ0) is 11.5. The fourth-order valence-corrected chi connectivity index (χ4v) is 1.30. The number of carbonyl (C=O) groups excluding carboxylic acids is 1. The van der Waals surface area contributed by atoms with Gasteiger partial charge in [0.05, 0.1) is 19.6 Å². The number of H-pyrrole nitrogens is 1. The number of aromatic nitrogens is 4. The topological polar surface area (TPSA) is 101 Å². The van der Waals surface area contributed by atoms with Crippen LogP contribution in [0.2, 0.25) is 0 Å². The summed E-state index contributed by atoms with van der Waals surface area (Å²) >= 11 is 0. The summed E-state index contributed by atoms with van der Waals surface area (Å²) in [5, 5.41) is 19.8. The van der Waals surface area contributed by atoms with Crippen molar-refractivity contribution in [3.63, 3.8) is 0 Å². The molecule has 0 fully saturated rings. The summed E-state index contributed by atoms with van der Waals surface area (Å²) in [5.41, 5.74) is 1.52. The highest BCUT2D eigenvalue weighted by Gasteiger charge is 2.14. The molecule has 2 aromatic heterocycles. The normalized spacial score (nSPS) is 12.6. The fraction of sp³-hybridized carbons (Fsp3) is 0.333. The van der Waals surface area contributed by atoms with Gasteiger partial charge in [0.25, 0.3) is 0 Å². The van der Waals surface area contributed by atoms with Crippen LogP contribution in [-0.2, 0) is 9.53 Å². The number of hydrogen-bond acceptors (Lipinski definition) is 6. The second-order valence-electron chi connectivity index (χ2n) is 3.23. The largest absolute Gasteiger partial charge is 0.469 e. The van der Waals surface area contributed by atoms with E-state index < -0.39 is 12.1 Å². The Hall–Kier alpha value is -2.02. The van der Waals surface area contributed by atoms with Crippen molar-refractivity contribution >= 4 is 17.1 Å². The average molecular weight is 222 g/mol. The first-order valence-corrected chi connectivity index (χ1v) is 4.62. The van der Waals surface area contributed by atoms with Crippen molar-refractivity contribution in [2.24, 2.45) is 0 Å². The number of methoxy groups -OCH3 is 1. The van der Waals surface area contributed by atoms with Gasteiger partial charge in [0.1, 0.15) is 5.52 Å². The molecule has 84 valence electrons. The van der Waals surface area contributed by atoms with Crippen molar-refractivity contribution in [2.75, 3.05) is 7.11 Å². The van der Waals surface area contributed by atoms with Gasteiger partial charge < -0.3 is 9.84 Å². The fourth-order valence-electron chi connectivity index (χ4n) is 1.30. The number of ether oxygens (including phenoxy) is 1. The number of rotatable bonds is 3. The van der Waals surface area contributed by atoms with Gasteiger partial charge in [0.2, 0.25) is 5.65 Å². The molecule has 0 aliphatic rings. The molecular weight excluding hydrogens is 212 g/mol. The molecule has 2 aromatic rings.